The number of rotatable bonds is 8. The van der Waals surface area contributed by atoms with Gasteiger partial charge in [0.25, 0.3) is 5.56 Å². The molecule has 32 heavy (non-hydrogen) atoms. The van der Waals surface area contributed by atoms with Gasteiger partial charge in [-0.3, -0.25) is 4.79 Å². The lowest BCUT2D eigenvalue weighted by molar-refractivity contribution is 0.0980. The van der Waals surface area contributed by atoms with Gasteiger partial charge in [0, 0.05) is 42.4 Å². The van der Waals surface area contributed by atoms with E-state index < -0.39 is 0 Å². The number of aromatic nitrogens is 3. The summed E-state index contributed by atoms with van der Waals surface area (Å²) in [7, 11) is 0. The fraction of sp³-hybridized carbons (Fsp3) is 0.385. The summed E-state index contributed by atoms with van der Waals surface area (Å²) >= 11 is 0. The summed E-state index contributed by atoms with van der Waals surface area (Å²) in [6.45, 7) is 2.98. The molecule has 0 saturated carbocycles. The Morgan fingerprint density at radius 1 is 1.03 bits per heavy atom. The van der Waals surface area contributed by atoms with Crippen LogP contribution in [0.15, 0.2) is 59.5 Å². The normalized spacial score (nSPS) is 16.3. The van der Waals surface area contributed by atoms with Gasteiger partial charge in [-0.1, -0.05) is 36.8 Å². The highest BCUT2D eigenvalue weighted by Gasteiger charge is 2.21. The molecule has 4 aromatic rings. The third-order valence-electron chi connectivity index (χ3n) is 6.41. The van der Waals surface area contributed by atoms with Crippen molar-refractivity contribution in [2.45, 2.75) is 51.3 Å². The summed E-state index contributed by atoms with van der Waals surface area (Å²) < 4.78 is 9.99. The minimum Gasteiger partial charge on any atom is -0.376 e. The number of fused-ring (bicyclic) bond motifs is 2. The van der Waals surface area contributed by atoms with Crippen molar-refractivity contribution in [3.63, 3.8) is 0 Å². The number of unbranched alkanes of at least 4 members (excludes halogenated alkanes) is 2. The largest absolute Gasteiger partial charge is 0.376 e. The Bertz CT molecular complexity index is 1280. The van der Waals surface area contributed by atoms with E-state index in [4.69, 9.17) is 15.5 Å². The van der Waals surface area contributed by atoms with Gasteiger partial charge in [-0.15, -0.1) is 0 Å². The molecule has 166 valence electrons. The number of hydrogen-bond acceptors (Lipinski definition) is 4. The lowest BCUT2D eigenvalue weighted by Crippen LogP contribution is -2.24. The first-order chi connectivity index (χ1) is 15.8. The number of benzene rings is 2. The summed E-state index contributed by atoms with van der Waals surface area (Å²) in [6, 6.07) is 16.2. The fourth-order valence-electron chi connectivity index (χ4n) is 4.78. The highest BCUT2D eigenvalue weighted by atomic mass is 16.5. The molecule has 0 radical (unpaired) electrons. The third kappa shape index (κ3) is 3.96. The van der Waals surface area contributed by atoms with Crippen LogP contribution in [0.3, 0.4) is 0 Å². The quantitative estimate of drug-likeness (QED) is 0.422. The van der Waals surface area contributed by atoms with Gasteiger partial charge < -0.3 is 19.6 Å². The minimum absolute atomic E-state index is 0.0310. The van der Waals surface area contributed by atoms with Crippen LogP contribution in [0.25, 0.3) is 33.2 Å². The average molecular weight is 431 g/mol. The van der Waals surface area contributed by atoms with Crippen LogP contribution in [0.5, 0.6) is 0 Å². The molecule has 6 heteroatoms. The molecular weight excluding hydrogens is 400 g/mol. The van der Waals surface area contributed by atoms with Crippen molar-refractivity contribution in [2.24, 2.45) is 5.73 Å². The van der Waals surface area contributed by atoms with E-state index >= 15 is 0 Å². The van der Waals surface area contributed by atoms with Crippen LogP contribution < -0.4 is 11.3 Å². The van der Waals surface area contributed by atoms with Crippen LogP contribution in [-0.2, 0) is 17.8 Å². The van der Waals surface area contributed by atoms with Gasteiger partial charge in [0.2, 0.25) is 0 Å². The first-order valence-electron chi connectivity index (χ1n) is 11.7. The van der Waals surface area contributed by atoms with Crippen molar-refractivity contribution in [3.05, 3.63) is 65.1 Å². The van der Waals surface area contributed by atoms with Crippen LogP contribution in [0.4, 0.5) is 0 Å². The maximum atomic E-state index is 13.7. The molecular formula is C26H30N4O2. The third-order valence-corrected chi connectivity index (χ3v) is 6.41. The van der Waals surface area contributed by atoms with Crippen LogP contribution in [0.1, 0.15) is 32.1 Å². The van der Waals surface area contributed by atoms with Crippen molar-refractivity contribution >= 4 is 21.9 Å². The molecule has 2 aromatic heterocycles. The number of para-hydroxylation sites is 3. The van der Waals surface area contributed by atoms with E-state index in [9.17, 15) is 4.79 Å². The molecule has 1 fully saturated rings. The number of hydrogen-bond donors (Lipinski definition) is 1. The van der Waals surface area contributed by atoms with Crippen molar-refractivity contribution in [1.29, 1.82) is 0 Å². The maximum absolute atomic E-state index is 13.7. The van der Waals surface area contributed by atoms with Gasteiger partial charge in [0.05, 0.1) is 17.1 Å². The highest BCUT2D eigenvalue weighted by Crippen LogP contribution is 2.30. The summed E-state index contributed by atoms with van der Waals surface area (Å²) in [5, 5.41) is 1.06. The molecule has 5 rings (SSSR count). The summed E-state index contributed by atoms with van der Waals surface area (Å²) in [5.41, 5.74) is 9.88. The maximum Gasteiger partial charge on any atom is 0.277 e. The summed E-state index contributed by atoms with van der Waals surface area (Å²) in [6.07, 6.45) is 7.40. The van der Waals surface area contributed by atoms with Gasteiger partial charge in [0.15, 0.2) is 0 Å². The molecule has 2 N–H and O–H groups in total. The monoisotopic (exact) mass is 430 g/mol. The molecule has 0 spiro atoms. The highest BCUT2D eigenvalue weighted by molar-refractivity contribution is 5.96. The zero-order chi connectivity index (χ0) is 21.9. The molecule has 1 saturated heterocycles. The predicted molar refractivity (Wildman–Crippen MR) is 129 cm³/mol. The van der Waals surface area contributed by atoms with Crippen LogP contribution in [-0.4, -0.2) is 33.4 Å². The lowest BCUT2D eigenvalue weighted by atomic mass is 10.1. The van der Waals surface area contributed by atoms with E-state index in [1.807, 2.05) is 41.0 Å². The Hall–Kier alpha value is -2.96. The Balaban J connectivity index is 1.63. The van der Waals surface area contributed by atoms with Gasteiger partial charge >= 0.3 is 0 Å². The number of nitrogens with two attached hydrogens (primary N) is 1. The molecule has 0 bridgehead atoms. The minimum atomic E-state index is -0.0310. The SMILES string of the molecule is NCCCCCn1c(=O)c(-c2cn(CC3CCCO3)c3ccccc23)nc2ccccc21. The van der Waals surface area contributed by atoms with Crippen LogP contribution in [0, 0.1) is 0 Å². The van der Waals surface area contributed by atoms with Crippen molar-refractivity contribution < 1.29 is 4.74 Å². The molecule has 1 aliphatic heterocycles. The molecule has 1 aliphatic rings. The molecule has 0 aliphatic carbocycles. The van der Waals surface area contributed by atoms with Crippen molar-refractivity contribution in [3.8, 4) is 11.3 Å². The Labute approximate surface area is 187 Å². The van der Waals surface area contributed by atoms with Crippen molar-refractivity contribution in [2.75, 3.05) is 13.2 Å². The molecule has 6 nitrogen and oxygen atoms in total. The first kappa shape index (κ1) is 20.9. The van der Waals surface area contributed by atoms with E-state index in [0.29, 0.717) is 18.8 Å². The predicted octanol–water partition coefficient (Wildman–Crippen LogP) is 4.33. The standard InChI is InChI=1S/C26H30N4O2/c27-14-6-1-7-15-30-24-13-5-3-11-22(24)28-25(26(30)31)21-18-29(17-19-9-8-16-32-19)23-12-4-2-10-20(21)23/h2-5,10-13,18-19H,1,6-9,14-17,27H2. The number of nitrogens with zero attached hydrogens (tertiary/aromatic N) is 3. The molecule has 1 atom stereocenters. The fourth-order valence-corrected chi connectivity index (χ4v) is 4.78. The van der Waals surface area contributed by atoms with Gasteiger partial charge in [-0.25, -0.2) is 4.98 Å². The van der Waals surface area contributed by atoms with E-state index in [1.54, 1.807) is 0 Å². The van der Waals surface area contributed by atoms with E-state index in [0.717, 1.165) is 72.8 Å². The topological polar surface area (TPSA) is 75.1 Å². The van der Waals surface area contributed by atoms with Crippen LogP contribution >= 0.6 is 0 Å². The summed E-state index contributed by atoms with van der Waals surface area (Å²) in [5.74, 6) is 0. The number of aryl methyl sites for hydroxylation is 1. The molecule has 1 unspecified atom stereocenters. The van der Waals surface area contributed by atoms with E-state index in [1.165, 1.54) is 0 Å². The molecule has 3 heterocycles. The van der Waals surface area contributed by atoms with Gasteiger partial charge in [-0.2, -0.15) is 0 Å². The molecule has 2 aromatic carbocycles. The average Bonchev–Trinajstić information content (AvgIpc) is 3.46. The molecule has 0 amide bonds. The van der Waals surface area contributed by atoms with Gasteiger partial charge in [0.1, 0.15) is 5.69 Å². The first-order valence-corrected chi connectivity index (χ1v) is 11.7. The Kier molecular flexibility index (Phi) is 6.06. The van der Waals surface area contributed by atoms with Crippen molar-refractivity contribution in [1.82, 2.24) is 14.1 Å². The van der Waals surface area contributed by atoms with Crippen LogP contribution in [0.2, 0.25) is 0 Å². The second-order valence-electron chi connectivity index (χ2n) is 8.60. The van der Waals surface area contributed by atoms with E-state index in [2.05, 4.69) is 22.9 Å². The Morgan fingerprint density at radius 2 is 1.84 bits per heavy atom. The second kappa shape index (κ2) is 9.27. The van der Waals surface area contributed by atoms with E-state index in [-0.39, 0.29) is 11.7 Å². The summed E-state index contributed by atoms with van der Waals surface area (Å²) in [4.78, 5) is 18.5. The Morgan fingerprint density at radius 3 is 2.66 bits per heavy atom. The zero-order valence-electron chi connectivity index (χ0n) is 18.4. The lowest BCUT2D eigenvalue weighted by Gasteiger charge is -2.12. The zero-order valence-corrected chi connectivity index (χ0v) is 18.4. The van der Waals surface area contributed by atoms with Gasteiger partial charge in [-0.05, 0) is 50.4 Å². The second-order valence-corrected chi connectivity index (χ2v) is 8.60. The number of ether oxygens (including phenoxy) is 1. The smallest absolute Gasteiger partial charge is 0.277 e.